The number of ether oxygens (including phenoxy) is 2. The van der Waals surface area contributed by atoms with Gasteiger partial charge in [-0.25, -0.2) is 5.01 Å². The highest BCUT2D eigenvalue weighted by molar-refractivity contribution is 6.11. The van der Waals surface area contributed by atoms with E-state index < -0.39 is 0 Å². The van der Waals surface area contributed by atoms with E-state index in [2.05, 4.69) is 22.0 Å². The van der Waals surface area contributed by atoms with Gasteiger partial charge in [-0.15, -0.1) is 0 Å². The lowest BCUT2D eigenvalue weighted by Gasteiger charge is -2.37. The minimum atomic E-state index is -0.209. The fourth-order valence-corrected chi connectivity index (χ4v) is 6.23. The summed E-state index contributed by atoms with van der Waals surface area (Å²) in [6.07, 6.45) is 9.26. The molecule has 2 amide bonds. The molecule has 1 saturated heterocycles. The molecule has 1 aromatic heterocycles. The largest absolute Gasteiger partial charge is 0.490 e. The maximum atomic E-state index is 13.7. The quantitative estimate of drug-likeness (QED) is 0.318. The number of allylic oxidation sites excluding steroid dienone is 2. The summed E-state index contributed by atoms with van der Waals surface area (Å²) < 4.78 is 11.7. The number of benzene rings is 2. The number of aromatic nitrogens is 1. The Kier molecular flexibility index (Phi) is 9.02. The molecule has 0 bridgehead atoms. The second kappa shape index (κ2) is 13.4. The summed E-state index contributed by atoms with van der Waals surface area (Å²) in [4.78, 5) is 35.4. The van der Waals surface area contributed by atoms with Gasteiger partial charge in [-0.1, -0.05) is 12.2 Å². The van der Waals surface area contributed by atoms with Crippen LogP contribution in [0.4, 0.5) is 5.69 Å². The number of carbonyl (C=O) groups excluding carboxylic acids is 2. The van der Waals surface area contributed by atoms with Crippen molar-refractivity contribution < 1.29 is 19.1 Å². The second-order valence-corrected chi connectivity index (χ2v) is 11.3. The van der Waals surface area contributed by atoms with Gasteiger partial charge in [0, 0.05) is 62.2 Å². The van der Waals surface area contributed by atoms with E-state index in [0.717, 1.165) is 37.3 Å². The molecular weight excluding hydrogens is 554 g/mol. The first-order valence-corrected chi connectivity index (χ1v) is 15.5. The van der Waals surface area contributed by atoms with Crippen LogP contribution in [-0.2, 0) is 11.3 Å². The Morgan fingerprint density at radius 1 is 0.841 bits per heavy atom. The van der Waals surface area contributed by atoms with Gasteiger partial charge in [-0.3, -0.25) is 19.5 Å². The number of piperazine rings is 1. The van der Waals surface area contributed by atoms with E-state index in [9.17, 15) is 9.59 Å². The van der Waals surface area contributed by atoms with Crippen molar-refractivity contribution in [3.05, 3.63) is 95.8 Å². The molecule has 6 rings (SSSR count). The van der Waals surface area contributed by atoms with Crippen LogP contribution in [0.1, 0.15) is 48.2 Å². The van der Waals surface area contributed by atoms with Crippen LogP contribution in [0, 0.1) is 11.8 Å². The average Bonchev–Trinajstić information content (AvgIpc) is 3.07. The molecule has 44 heavy (non-hydrogen) atoms. The zero-order valence-corrected chi connectivity index (χ0v) is 25.4. The molecule has 0 unspecified atom stereocenters. The summed E-state index contributed by atoms with van der Waals surface area (Å²) in [5, 5.41) is 6.45. The van der Waals surface area contributed by atoms with E-state index in [-0.39, 0.29) is 23.7 Å². The number of anilines is 1. The first-order valence-electron chi connectivity index (χ1n) is 15.5. The Morgan fingerprint density at radius 3 is 2.23 bits per heavy atom. The van der Waals surface area contributed by atoms with Gasteiger partial charge in [0.1, 0.15) is 0 Å². The van der Waals surface area contributed by atoms with Crippen LogP contribution >= 0.6 is 0 Å². The van der Waals surface area contributed by atoms with Crippen LogP contribution in [0.2, 0.25) is 0 Å². The molecule has 228 valence electrons. The molecule has 9 nitrogen and oxygen atoms in total. The second-order valence-electron chi connectivity index (χ2n) is 11.3. The van der Waals surface area contributed by atoms with Crippen LogP contribution < -0.4 is 14.5 Å². The van der Waals surface area contributed by atoms with Gasteiger partial charge in [0.2, 0.25) is 0 Å². The molecule has 0 radical (unpaired) electrons. The van der Waals surface area contributed by atoms with Crippen molar-refractivity contribution in [1.82, 2.24) is 14.8 Å². The van der Waals surface area contributed by atoms with E-state index in [1.165, 1.54) is 10.6 Å². The van der Waals surface area contributed by atoms with Crippen molar-refractivity contribution in [2.75, 3.05) is 44.4 Å². The van der Waals surface area contributed by atoms with Gasteiger partial charge in [0.25, 0.3) is 11.8 Å². The van der Waals surface area contributed by atoms with Crippen molar-refractivity contribution in [2.24, 2.45) is 16.9 Å². The normalized spacial score (nSPS) is 20.2. The number of rotatable bonds is 9. The zero-order valence-electron chi connectivity index (χ0n) is 25.4. The molecule has 0 spiro atoms. The first kappa shape index (κ1) is 29.6. The molecule has 3 aliphatic rings. The third kappa shape index (κ3) is 6.24. The Morgan fingerprint density at radius 2 is 1.52 bits per heavy atom. The first-order chi connectivity index (χ1) is 21.6. The Labute approximate surface area is 258 Å². The minimum absolute atomic E-state index is 0.00425. The van der Waals surface area contributed by atoms with Crippen molar-refractivity contribution >= 4 is 23.2 Å². The van der Waals surface area contributed by atoms with E-state index in [1.54, 1.807) is 12.1 Å². The Balaban J connectivity index is 1.20. The highest BCUT2D eigenvalue weighted by atomic mass is 16.5. The van der Waals surface area contributed by atoms with Gasteiger partial charge < -0.3 is 14.4 Å². The van der Waals surface area contributed by atoms with Gasteiger partial charge >= 0.3 is 0 Å². The van der Waals surface area contributed by atoms with E-state index in [1.807, 2.05) is 73.6 Å². The summed E-state index contributed by atoms with van der Waals surface area (Å²) in [6.45, 7) is 8.79. The number of hydrazone groups is 1. The van der Waals surface area contributed by atoms with Crippen LogP contribution in [0.5, 0.6) is 11.5 Å². The summed E-state index contributed by atoms with van der Waals surface area (Å²) in [6, 6.07) is 17.2. The molecule has 1 aliphatic carbocycles. The predicted molar refractivity (Wildman–Crippen MR) is 170 cm³/mol. The zero-order chi connectivity index (χ0) is 30.5. The molecule has 1 fully saturated rings. The predicted octanol–water partition coefficient (Wildman–Crippen LogP) is 5.17. The highest BCUT2D eigenvalue weighted by Gasteiger charge is 2.41. The Hall–Kier alpha value is -4.50. The maximum absolute atomic E-state index is 13.7. The van der Waals surface area contributed by atoms with Crippen LogP contribution in [0.15, 0.2) is 84.2 Å². The van der Waals surface area contributed by atoms with Gasteiger partial charge in [-0.05, 0) is 86.8 Å². The van der Waals surface area contributed by atoms with Crippen LogP contribution in [0.3, 0.4) is 0 Å². The molecule has 3 aromatic rings. The average molecular weight is 594 g/mol. The number of hydrogen-bond donors (Lipinski definition) is 0. The molecule has 0 N–H and O–H groups in total. The Bertz CT molecular complexity index is 1530. The highest BCUT2D eigenvalue weighted by Crippen LogP contribution is 2.38. The lowest BCUT2D eigenvalue weighted by Crippen LogP contribution is -2.48. The number of pyridine rings is 1. The molecule has 2 aliphatic heterocycles. The number of hydrogen-bond acceptors (Lipinski definition) is 7. The van der Waals surface area contributed by atoms with Crippen molar-refractivity contribution in [3.8, 4) is 11.5 Å². The molecule has 3 heterocycles. The van der Waals surface area contributed by atoms with E-state index >= 15 is 0 Å². The third-order valence-electron chi connectivity index (χ3n) is 8.53. The number of fused-ring (bicyclic) bond motifs is 1. The SMILES string of the molecule is CCOc1ccc(C2=NN(c3ccc(C(=O)N4CCN(Cc5ccncc5)CC4)cc3)C(=O)[C@@H]3CC=CC[C@H]23)cc1OCC. The summed E-state index contributed by atoms with van der Waals surface area (Å²) in [5.74, 6) is 1.11. The molecule has 2 atom stereocenters. The topological polar surface area (TPSA) is 87.6 Å². The minimum Gasteiger partial charge on any atom is -0.490 e. The van der Waals surface area contributed by atoms with E-state index in [4.69, 9.17) is 14.6 Å². The fourth-order valence-electron chi connectivity index (χ4n) is 6.23. The molecular formula is C35H39N5O4. The lowest BCUT2D eigenvalue weighted by atomic mass is 9.76. The molecule has 0 saturated carbocycles. The van der Waals surface area contributed by atoms with Crippen molar-refractivity contribution in [2.45, 2.75) is 33.2 Å². The van der Waals surface area contributed by atoms with Gasteiger partial charge in [-0.2, -0.15) is 5.10 Å². The summed E-state index contributed by atoms with van der Waals surface area (Å²) >= 11 is 0. The summed E-state index contributed by atoms with van der Waals surface area (Å²) in [7, 11) is 0. The smallest absolute Gasteiger partial charge is 0.253 e. The van der Waals surface area contributed by atoms with Crippen LogP contribution in [0.25, 0.3) is 0 Å². The molecule has 9 heteroatoms. The fraction of sp³-hybridized carbons (Fsp3) is 0.371. The van der Waals surface area contributed by atoms with E-state index in [0.29, 0.717) is 55.5 Å². The lowest BCUT2D eigenvalue weighted by molar-refractivity contribution is -0.123. The van der Waals surface area contributed by atoms with Gasteiger partial charge in [0.05, 0.1) is 30.5 Å². The summed E-state index contributed by atoms with van der Waals surface area (Å²) in [5.41, 5.74) is 4.25. The number of nitrogens with zero attached hydrogens (tertiary/aromatic N) is 5. The molecule has 2 aromatic carbocycles. The number of carbonyl (C=O) groups is 2. The van der Waals surface area contributed by atoms with Crippen molar-refractivity contribution in [1.29, 1.82) is 0 Å². The van der Waals surface area contributed by atoms with Crippen LogP contribution in [-0.4, -0.2) is 71.7 Å². The third-order valence-corrected chi connectivity index (χ3v) is 8.53. The van der Waals surface area contributed by atoms with Gasteiger partial charge in [0.15, 0.2) is 11.5 Å². The maximum Gasteiger partial charge on any atom is 0.253 e. The standard InChI is InChI=1S/C35H39N5O4/c1-3-43-31-14-11-27(23-32(31)44-4-2)33-29-7-5-6-8-30(29)35(42)40(37-33)28-12-9-26(10-13-28)34(41)39-21-19-38(20-22-39)24-25-15-17-36-18-16-25/h5-6,9-18,23,29-30H,3-4,7-8,19-22,24H2,1-2H3/t29-,30+/m0/s1. The monoisotopic (exact) mass is 593 g/mol. The van der Waals surface area contributed by atoms with Crippen molar-refractivity contribution in [3.63, 3.8) is 0 Å². The number of amides is 2.